The smallest absolute Gasteiger partial charge is 0.248 e. The first kappa shape index (κ1) is 26.8. The van der Waals surface area contributed by atoms with Crippen molar-refractivity contribution >= 4 is 21.7 Å². The fourth-order valence-corrected chi connectivity index (χ4v) is 7.00. The molecule has 0 aromatic carbocycles. The van der Waals surface area contributed by atoms with Crippen LogP contribution in [0.5, 0.6) is 0 Å². The zero-order valence-corrected chi connectivity index (χ0v) is 21.9. The predicted molar refractivity (Wildman–Crippen MR) is 129 cm³/mol. The summed E-state index contributed by atoms with van der Waals surface area (Å²) in [5.74, 6) is -2.61. The van der Waals surface area contributed by atoms with Gasteiger partial charge in [-0.05, 0) is 65.0 Å². The number of hydrogen-bond acceptors (Lipinski definition) is 5. The molecule has 3 rings (SSSR count). The quantitative estimate of drug-likeness (QED) is 0.565. The molecule has 7 nitrogen and oxygen atoms in total. The third kappa shape index (κ3) is 5.37. The Labute approximate surface area is 202 Å². The summed E-state index contributed by atoms with van der Waals surface area (Å²) < 4.78 is 56.4. The van der Waals surface area contributed by atoms with Crippen LogP contribution in [0.4, 0.5) is 14.6 Å². The minimum Gasteiger partial charge on any atom is -0.353 e. The van der Waals surface area contributed by atoms with Crippen molar-refractivity contribution in [3.05, 3.63) is 17.8 Å². The fourth-order valence-electron chi connectivity index (χ4n) is 5.15. The van der Waals surface area contributed by atoms with Gasteiger partial charge in [-0.15, -0.1) is 0 Å². The lowest BCUT2D eigenvalue weighted by molar-refractivity contribution is -0.138. The van der Waals surface area contributed by atoms with Gasteiger partial charge in [0.2, 0.25) is 21.9 Å². The van der Waals surface area contributed by atoms with E-state index in [0.717, 1.165) is 0 Å². The summed E-state index contributed by atoms with van der Waals surface area (Å²) in [6.07, 6.45) is 0.339. The summed E-state index contributed by atoms with van der Waals surface area (Å²) in [6.45, 7) is 10.5. The van der Waals surface area contributed by atoms with Crippen LogP contribution in [0.25, 0.3) is 0 Å². The highest BCUT2D eigenvalue weighted by molar-refractivity contribution is 7.89. The van der Waals surface area contributed by atoms with Gasteiger partial charge in [0.05, 0.1) is 0 Å². The van der Waals surface area contributed by atoms with E-state index < -0.39 is 22.0 Å². The number of nitrogens with zero attached hydrogens (tertiary/aromatic N) is 4. The summed E-state index contributed by atoms with van der Waals surface area (Å²) in [5.41, 5.74) is 0.712. The van der Waals surface area contributed by atoms with E-state index in [4.69, 9.17) is 0 Å². The molecule has 0 unspecified atom stereocenters. The first-order chi connectivity index (χ1) is 15.8. The Morgan fingerprint density at radius 1 is 1.26 bits per heavy atom. The lowest BCUT2D eigenvalue weighted by Crippen LogP contribution is -2.51. The third-order valence-electron chi connectivity index (χ3n) is 7.13. The van der Waals surface area contributed by atoms with E-state index in [2.05, 4.69) is 4.98 Å². The molecule has 192 valence electrons. The van der Waals surface area contributed by atoms with Crippen molar-refractivity contribution in [3.63, 3.8) is 0 Å². The van der Waals surface area contributed by atoms with Crippen molar-refractivity contribution in [3.8, 4) is 0 Å². The van der Waals surface area contributed by atoms with E-state index in [1.807, 2.05) is 39.5 Å². The van der Waals surface area contributed by atoms with Crippen molar-refractivity contribution in [2.24, 2.45) is 5.92 Å². The Hall–Kier alpha value is -1.81. The van der Waals surface area contributed by atoms with Gasteiger partial charge in [0.25, 0.3) is 0 Å². The standard InChI is InChI=1S/C24H38F2N4O3S/c1-7-29(16(2)3)22-21(9-8-18(5)27-22)34(32,33)30-15-17(4)14-20(30)23(31)28(6)19-10-12-24(25,26)13-11-19/h8-9,16-17,19-20H,7,10-15H2,1-6H3/t17-,20-/m0/s1. The number of aromatic nitrogens is 1. The Morgan fingerprint density at radius 2 is 1.88 bits per heavy atom. The Morgan fingerprint density at radius 3 is 2.44 bits per heavy atom. The second-order valence-electron chi connectivity index (χ2n) is 10.1. The number of alkyl halides is 2. The average Bonchev–Trinajstić information content (AvgIpc) is 3.15. The Bertz CT molecular complexity index is 992. The van der Waals surface area contributed by atoms with E-state index in [1.165, 1.54) is 9.21 Å². The summed E-state index contributed by atoms with van der Waals surface area (Å²) in [4.78, 5) is 21.6. The van der Waals surface area contributed by atoms with Crippen LogP contribution in [0.1, 0.15) is 65.5 Å². The highest BCUT2D eigenvalue weighted by Crippen LogP contribution is 2.37. The number of carbonyl (C=O) groups excluding carboxylic acids is 1. The van der Waals surface area contributed by atoms with Gasteiger partial charge in [-0.3, -0.25) is 4.79 Å². The zero-order valence-electron chi connectivity index (χ0n) is 21.1. The highest BCUT2D eigenvalue weighted by Gasteiger charge is 2.46. The summed E-state index contributed by atoms with van der Waals surface area (Å²) >= 11 is 0. The van der Waals surface area contributed by atoms with E-state index in [1.54, 1.807) is 19.2 Å². The second-order valence-corrected chi connectivity index (χ2v) is 12.0. The van der Waals surface area contributed by atoms with Gasteiger partial charge < -0.3 is 9.80 Å². The molecule has 1 aliphatic heterocycles. The number of rotatable bonds is 7. The molecule has 2 aliphatic rings. The molecule has 34 heavy (non-hydrogen) atoms. The van der Waals surface area contributed by atoms with Crippen molar-refractivity contribution in [1.82, 2.24) is 14.2 Å². The van der Waals surface area contributed by atoms with Crippen LogP contribution in [-0.2, 0) is 14.8 Å². The van der Waals surface area contributed by atoms with E-state index in [-0.39, 0.29) is 61.0 Å². The molecule has 1 amide bonds. The van der Waals surface area contributed by atoms with Gasteiger partial charge in [0.1, 0.15) is 16.8 Å². The first-order valence-corrected chi connectivity index (χ1v) is 13.6. The lowest BCUT2D eigenvalue weighted by Gasteiger charge is -2.37. The normalized spacial score (nSPS) is 23.9. The van der Waals surface area contributed by atoms with Gasteiger partial charge in [-0.25, -0.2) is 22.2 Å². The van der Waals surface area contributed by atoms with Crippen LogP contribution in [0, 0.1) is 12.8 Å². The van der Waals surface area contributed by atoms with Gasteiger partial charge in [0.15, 0.2) is 0 Å². The van der Waals surface area contributed by atoms with E-state index >= 15 is 0 Å². The summed E-state index contributed by atoms with van der Waals surface area (Å²) in [7, 11) is -2.41. The molecule has 1 aromatic heterocycles. The van der Waals surface area contributed by atoms with Gasteiger partial charge in [0, 0.05) is 50.8 Å². The molecule has 0 N–H and O–H groups in total. The number of aryl methyl sites for hydroxylation is 1. The van der Waals surface area contributed by atoms with Crippen LogP contribution >= 0.6 is 0 Å². The van der Waals surface area contributed by atoms with Crippen molar-refractivity contribution in [2.75, 3.05) is 25.0 Å². The number of anilines is 1. The molecular formula is C24H38F2N4O3S. The second kappa shape index (κ2) is 10.0. The summed E-state index contributed by atoms with van der Waals surface area (Å²) in [5, 5.41) is 0. The maximum atomic E-state index is 13.9. The number of likely N-dealkylation sites (N-methyl/N-ethyl adjacent to an activating group) is 1. The number of amides is 1. The van der Waals surface area contributed by atoms with Crippen molar-refractivity contribution in [1.29, 1.82) is 0 Å². The molecule has 2 heterocycles. The Kier molecular flexibility index (Phi) is 7.92. The SMILES string of the molecule is CCN(c1nc(C)ccc1S(=O)(=O)N1C[C@@H](C)C[C@H]1C(=O)N(C)C1CCC(F)(F)CC1)C(C)C. The van der Waals surface area contributed by atoms with Crippen LogP contribution < -0.4 is 4.90 Å². The molecule has 2 fully saturated rings. The monoisotopic (exact) mass is 500 g/mol. The highest BCUT2D eigenvalue weighted by atomic mass is 32.2. The molecule has 0 radical (unpaired) electrons. The molecular weight excluding hydrogens is 462 g/mol. The number of pyridine rings is 1. The van der Waals surface area contributed by atoms with Crippen LogP contribution in [0.2, 0.25) is 0 Å². The third-order valence-corrected chi connectivity index (χ3v) is 9.03. The molecule has 0 bridgehead atoms. The molecule has 1 aliphatic carbocycles. The van der Waals surface area contributed by atoms with Gasteiger partial charge >= 0.3 is 0 Å². The number of sulfonamides is 1. The molecule has 2 atom stereocenters. The number of carbonyl (C=O) groups is 1. The topological polar surface area (TPSA) is 73.8 Å². The molecule has 1 saturated carbocycles. The molecule has 1 saturated heterocycles. The van der Waals surface area contributed by atoms with Crippen molar-refractivity contribution in [2.45, 2.75) is 95.7 Å². The zero-order chi connectivity index (χ0) is 25.4. The molecule has 0 spiro atoms. The Balaban J connectivity index is 1.93. The average molecular weight is 501 g/mol. The van der Waals surface area contributed by atoms with Gasteiger partial charge in [-0.1, -0.05) is 6.92 Å². The maximum absolute atomic E-state index is 13.9. The molecule has 1 aromatic rings. The summed E-state index contributed by atoms with van der Waals surface area (Å²) in [6, 6.07) is 2.14. The fraction of sp³-hybridized carbons (Fsp3) is 0.750. The predicted octanol–water partition coefficient (Wildman–Crippen LogP) is 4.06. The van der Waals surface area contributed by atoms with Crippen LogP contribution in [0.3, 0.4) is 0 Å². The minimum atomic E-state index is -4.02. The maximum Gasteiger partial charge on any atom is 0.248 e. The van der Waals surface area contributed by atoms with Crippen LogP contribution in [-0.4, -0.2) is 72.7 Å². The largest absolute Gasteiger partial charge is 0.353 e. The van der Waals surface area contributed by atoms with Crippen LogP contribution in [0.15, 0.2) is 17.0 Å². The van der Waals surface area contributed by atoms with E-state index in [9.17, 15) is 22.0 Å². The lowest BCUT2D eigenvalue weighted by atomic mass is 9.91. The minimum absolute atomic E-state index is 0.00190. The van der Waals surface area contributed by atoms with Gasteiger partial charge in [-0.2, -0.15) is 4.31 Å². The van der Waals surface area contributed by atoms with E-state index in [0.29, 0.717) is 24.5 Å². The number of halogens is 2. The number of hydrogen-bond donors (Lipinski definition) is 0. The van der Waals surface area contributed by atoms with Crippen molar-refractivity contribution < 1.29 is 22.0 Å². The first-order valence-electron chi connectivity index (χ1n) is 12.2. The molecule has 10 heteroatoms.